The van der Waals surface area contributed by atoms with Gasteiger partial charge in [0.1, 0.15) is 0 Å². The van der Waals surface area contributed by atoms with Crippen molar-refractivity contribution in [1.29, 1.82) is 0 Å². The summed E-state index contributed by atoms with van der Waals surface area (Å²) in [7, 11) is 0. The van der Waals surface area contributed by atoms with Crippen molar-refractivity contribution in [3.63, 3.8) is 0 Å². The lowest BCUT2D eigenvalue weighted by Gasteiger charge is -2.31. The smallest absolute Gasteiger partial charge is 0.271 e. The fourth-order valence-electron chi connectivity index (χ4n) is 3.48. The maximum absolute atomic E-state index is 13.5. The van der Waals surface area contributed by atoms with Crippen LogP contribution in [-0.4, -0.2) is 22.5 Å². The Morgan fingerprint density at radius 3 is 2.37 bits per heavy atom. The molecule has 0 saturated heterocycles. The first-order valence-corrected chi connectivity index (χ1v) is 11.6. The predicted octanol–water partition coefficient (Wildman–Crippen LogP) is 6.22. The lowest BCUT2D eigenvalue weighted by molar-refractivity contribution is -0.384. The van der Waals surface area contributed by atoms with Gasteiger partial charge in [0.25, 0.3) is 5.69 Å². The summed E-state index contributed by atoms with van der Waals surface area (Å²) in [6, 6.07) is 4.48. The lowest BCUT2D eigenvalue weighted by Crippen LogP contribution is -2.38. The number of nitro groups is 1. The van der Waals surface area contributed by atoms with Crippen LogP contribution in [0.1, 0.15) is 73.1 Å². The Bertz CT molecular complexity index is 780. The van der Waals surface area contributed by atoms with E-state index >= 15 is 0 Å². The van der Waals surface area contributed by atoms with Crippen molar-refractivity contribution in [2.24, 2.45) is 17.3 Å². The van der Waals surface area contributed by atoms with E-state index in [0.717, 1.165) is 50.3 Å². The molecular formula is C23H34N2O4S. The molecule has 1 saturated carbocycles. The van der Waals surface area contributed by atoms with Crippen LogP contribution in [0.5, 0.6) is 0 Å². The number of nitro benzene ring substituents is 1. The van der Waals surface area contributed by atoms with Gasteiger partial charge in [-0.15, -0.1) is 0 Å². The molecule has 0 unspecified atom stereocenters. The molecule has 1 aliphatic rings. The van der Waals surface area contributed by atoms with Crippen LogP contribution in [0.2, 0.25) is 0 Å². The van der Waals surface area contributed by atoms with Crippen LogP contribution >= 0.6 is 11.8 Å². The van der Waals surface area contributed by atoms with E-state index in [0.29, 0.717) is 23.0 Å². The van der Waals surface area contributed by atoms with Gasteiger partial charge >= 0.3 is 0 Å². The molecule has 0 N–H and O–H groups in total. The Kier molecular flexibility index (Phi) is 8.47. The molecule has 1 aromatic carbocycles. The SMILES string of the molecule is CC(C)CCN(C(=O)C1CCCCC1)c1cc([N+](=O)[O-])ccc1SC(=O)C(C)(C)C. The van der Waals surface area contributed by atoms with Gasteiger partial charge in [-0.1, -0.05) is 53.9 Å². The fraction of sp³-hybridized carbons (Fsp3) is 0.652. The standard InChI is InChI=1S/C23H34N2O4S/c1-16(2)13-14-24(21(26)17-9-7-6-8-10-17)19-15-18(25(28)29)11-12-20(19)30-22(27)23(3,4)5/h11-12,15-17H,6-10,13-14H2,1-5H3. The monoisotopic (exact) mass is 434 g/mol. The van der Waals surface area contributed by atoms with Crippen LogP contribution < -0.4 is 4.90 Å². The maximum atomic E-state index is 13.5. The van der Waals surface area contributed by atoms with Gasteiger partial charge in [0.05, 0.1) is 10.6 Å². The van der Waals surface area contributed by atoms with Crippen molar-refractivity contribution < 1.29 is 14.5 Å². The number of hydrogen-bond donors (Lipinski definition) is 0. The molecule has 0 radical (unpaired) electrons. The van der Waals surface area contributed by atoms with Gasteiger partial charge in [-0.25, -0.2) is 0 Å². The third-order valence-electron chi connectivity index (χ3n) is 5.41. The summed E-state index contributed by atoms with van der Waals surface area (Å²) in [4.78, 5) is 39.5. The molecule has 0 atom stereocenters. The largest absolute Gasteiger partial charge is 0.311 e. The molecule has 0 aliphatic heterocycles. The fourth-order valence-corrected chi connectivity index (χ4v) is 4.39. The Morgan fingerprint density at radius 2 is 1.83 bits per heavy atom. The second-order valence-electron chi connectivity index (χ2n) is 9.56. The molecule has 0 spiro atoms. The number of benzene rings is 1. The summed E-state index contributed by atoms with van der Waals surface area (Å²) in [5.74, 6) is 0.361. The molecule has 1 aliphatic carbocycles. The Labute approximate surface area is 183 Å². The molecule has 0 bridgehead atoms. The van der Waals surface area contributed by atoms with E-state index in [1.165, 1.54) is 12.1 Å². The zero-order valence-corrected chi connectivity index (χ0v) is 19.6. The van der Waals surface area contributed by atoms with Gasteiger partial charge in [-0.2, -0.15) is 0 Å². The summed E-state index contributed by atoms with van der Waals surface area (Å²) in [6.07, 6.45) is 5.72. The zero-order chi connectivity index (χ0) is 22.5. The van der Waals surface area contributed by atoms with Gasteiger partial charge < -0.3 is 4.90 Å². The summed E-state index contributed by atoms with van der Waals surface area (Å²) in [6.45, 7) is 10.2. The van der Waals surface area contributed by atoms with Crippen molar-refractivity contribution in [2.75, 3.05) is 11.4 Å². The van der Waals surface area contributed by atoms with Crippen LogP contribution in [0.15, 0.2) is 23.1 Å². The van der Waals surface area contributed by atoms with Gasteiger partial charge in [0.15, 0.2) is 5.12 Å². The number of carbonyl (C=O) groups excluding carboxylic acids is 2. The molecular weight excluding hydrogens is 400 g/mol. The molecule has 6 nitrogen and oxygen atoms in total. The van der Waals surface area contributed by atoms with Gasteiger partial charge in [-0.05, 0) is 43.0 Å². The third-order valence-corrected chi connectivity index (χ3v) is 6.77. The highest BCUT2D eigenvalue weighted by molar-refractivity contribution is 8.13. The molecule has 7 heteroatoms. The van der Waals surface area contributed by atoms with Gasteiger partial charge in [0.2, 0.25) is 5.91 Å². The van der Waals surface area contributed by atoms with Crippen LogP contribution in [0.3, 0.4) is 0 Å². The average molecular weight is 435 g/mol. The van der Waals surface area contributed by atoms with Crippen LogP contribution in [0, 0.1) is 27.4 Å². The molecule has 1 amide bonds. The molecule has 0 aromatic heterocycles. The van der Waals surface area contributed by atoms with E-state index in [9.17, 15) is 19.7 Å². The summed E-state index contributed by atoms with van der Waals surface area (Å²) in [5.41, 5.74) is -0.133. The predicted molar refractivity (Wildman–Crippen MR) is 122 cm³/mol. The summed E-state index contributed by atoms with van der Waals surface area (Å²) >= 11 is 1.07. The number of carbonyl (C=O) groups is 2. The van der Waals surface area contributed by atoms with Crippen molar-refractivity contribution in [3.8, 4) is 0 Å². The number of rotatable bonds is 7. The van der Waals surface area contributed by atoms with Gasteiger partial charge in [0, 0.05) is 34.9 Å². The number of anilines is 1. The average Bonchev–Trinajstić information content (AvgIpc) is 2.68. The Morgan fingerprint density at radius 1 is 1.20 bits per heavy atom. The van der Waals surface area contributed by atoms with E-state index in [2.05, 4.69) is 13.8 Å². The van der Waals surface area contributed by atoms with E-state index in [1.807, 2.05) is 20.8 Å². The number of thioether (sulfide) groups is 1. The molecule has 2 rings (SSSR count). The van der Waals surface area contributed by atoms with Crippen molar-refractivity contribution in [3.05, 3.63) is 28.3 Å². The van der Waals surface area contributed by atoms with Crippen LogP contribution in [-0.2, 0) is 9.59 Å². The summed E-state index contributed by atoms with van der Waals surface area (Å²) < 4.78 is 0. The van der Waals surface area contributed by atoms with E-state index in [-0.39, 0.29) is 22.6 Å². The van der Waals surface area contributed by atoms with Crippen LogP contribution in [0.25, 0.3) is 0 Å². The Balaban J connectivity index is 2.48. The highest BCUT2D eigenvalue weighted by Crippen LogP contribution is 2.39. The third kappa shape index (κ3) is 6.56. The first-order chi connectivity index (χ1) is 14.0. The minimum atomic E-state index is -0.556. The maximum Gasteiger partial charge on any atom is 0.271 e. The first kappa shape index (κ1) is 24.4. The van der Waals surface area contributed by atoms with Crippen molar-refractivity contribution >= 4 is 34.2 Å². The number of hydrogen-bond acceptors (Lipinski definition) is 5. The summed E-state index contributed by atoms with van der Waals surface area (Å²) in [5, 5.41) is 11.4. The van der Waals surface area contributed by atoms with Crippen LogP contribution in [0.4, 0.5) is 11.4 Å². The lowest BCUT2D eigenvalue weighted by atomic mass is 9.88. The van der Waals surface area contributed by atoms with E-state index in [4.69, 9.17) is 0 Å². The number of non-ortho nitro benzene ring substituents is 1. The highest BCUT2D eigenvalue weighted by atomic mass is 32.2. The molecule has 1 fully saturated rings. The van der Waals surface area contributed by atoms with Gasteiger partial charge in [-0.3, -0.25) is 19.7 Å². The number of nitrogens with zero attached hydrogens (tertiary/aromatic N) is 2. The highest BCUT2D eigenvalue weighted by Gasteiger charge is 2.31. The molecule has 1 aromatic rings. The normalized spacial score (nSPS) is 15.3. The quantitative estimate of drug-likeness (QED) is 0.289. The van der Waals surface area contributed by atoms with E-state index < -0.39 is 10.3 Å². The Hall–Kier alpha value is -1.89. The molecule has 30 heavy (non-hydrogen) atoms. The van der Waals surface area contributed by atoms with Crippen molar-refractivity contribution in [1.82, 2.24) is 0 Å². The molecule has 166 valence electrons. The topological polar surface area (TPSA) is 80.5 Å². The van der Waals surface area contributed by atoms with E-state index in [1.54, 1.807) is 11.0 Å². The molecule has 0 heterocycles. The van der Waals surface area contributed by atoms with Crippen molar-refractivity contribution in [2.45, 2.75) is 78.0 Å². The second kappa shape index (κ2) is 10.4. The first-order valence-electron chi connectivity index (χ1n) is 10.8. The zero-order valence-electron chi connectivity index (χ0n) is 18.8. The minimum absolute atomic E-state index is 0.0286. The minimum Gasteiger partial charge on any atom is -0.311 e. The number of amides is 1. The second-order valence-corrected chi connectivity index (χ2v) is 10.6.